The first-order chi connectivity index (χ1) is 15.7. The van der Waals surface area contributed by atoms with Gasteiger partial charge >= 0.3 is 5.97 Å². The third-order valence-corrected chi connectivity index (χ3v) is 7.48. The molecule has 1 aliphatic carbocycles. The lowest BCUT2D eigenvalue weighted by molar-refractivity contribution is -0.150. The van der Waals surface area contributed by atoms with Crippen LogP contribution >= 0.6 is 0 Å². The Morgan fingerprint density at radius 1 is 1.27 bits per heavy atom. The highest BCUT2D eigenvalue weighted by atomic mass is 19.1. The van der Waals surface area contributed by atoms with Crippen molar-refractivity contribution in [2.75, 3.05) is 27.7 Å². The second-order valence-electron chi connectivity index (χ2n) is 10.6. The number of ether oxygens (including phenoxy) is 1. The Hall–Kier alpha value is -1.95. The highest BCUT2D eigenvalue weighted by Gasteiger charge is 2.55. The van der Waals surface area contributed by atoms with Crippen molar-refractivity contribution >= 4 is 12.3 Å². The Morgan fingerprint density at radius 2 is 1.97 bits per heavy atom. The van der Waals surface area contributed by atoms with Gasteiger partial charge in [0.05, 0.1) is 19.5 Å². The minimum absolute atomic E-state index is 0.0419. The van der Waals surface area contributed by atoms with E-state index >= 15 is 0 Å². The van der Waals surface area contributed by atoms with E-state index in [9.17, 15) is 9.18 Å². The van der Waals surface area contributed by atoms with Crippen LogP contribution in [-0.2, 0) is 9.53 Å². The fourth-order valence-corrected chi connectivity index (χ4v) is 6.40. The van der Waals surface area contributed by atoms with Gasteiger partial charge < -0.3 is 14.5 Å². The maximum Gasteiger partial charge on any atom is 0.335 e. The van der Waals surface area contributed by atoms with Gasteiger partial charge in [-0.05, 0) is 88.1 Å². The molecule has 0 radical (unpaired) electrons. The number of rotatable bonds is 9. The molecule has 33 heavy (non-hydrogen) atoms. The molecular formula is C27H42FN3O2. The number of esters is 1. The molecule has 3 rings (SSSR count). The van der Waals surface area contributed by atoms with E-state index in [1.54, 1.807) is 6.07 Å². The monoisotopic (exact) mass is 459 g/mol. The molecule has 1 fully saturated rings. The molecule has 184 valence electrons. The van der Waals surface area contributed by atoms with Crippen molar-refractivity contribution in [3.8, 4) is 0 Å². The zero-order chi connectivity index (χ0) is 24.2. The molecule has 0 amide bonds. The molecule has 2 aliphatic rings. The number of hydrogen-bond donors (Lipinski definition) is 0. The molecule has 5 nitrogen and oxygen atoms in total. The third kappa shape index (κ3) is 5.42. The SMILES string of the molecule is CCCN1C=NC(CC(C)C)(C(=O)OC)C1C1CCC(C(c2cccc(F)c2)N(C)C)CC1. The van der Waals surface area contributed by atoms with Gasteiger partial charge in [-0.25, -0.2) is 9.18 Å². The predicted octanol–water partition coefficient (Wildman–Crippen LogP) is 5.32. The van der Waals surface area contributed by atoms with Crippen molar-refractivity contribution in [2.24, 2.45) is 22.7 Å². The smallest absolute Gasteiger partial charge is 0.335 e. The summed E-state index contributed by atoms with van der Waals surface area (Å²) in [7, 11) is 5.65. The summed E-state index contributed by atoms with van der Waals surface area (Å²) < 4.78 is 19.3. The molecule has 0 N–H and O–H groups in total. The second kappa shape index (κ2) is 11.0. The van der Waals surface area contributed by atoms with E-state index in [-0.39, 0.29) is 23.9 Å². The van der Waals surface area contributed by atoms with Crippen molar-refractivity contribution in [1.82, 2.24) is 9.80 Å². The van der Waals surface area contributed by atoms with Gasteiger partial charge in [-0.3, -0.25) is 4.99 Å². The fraction of sp³-hybridized carbons (Fsp3) is 0.704. The highest BCUT2D eigenvalue weighted by Crippen LogP contribution is 2.46. The van der Waals surface area contributed by atoms with Crippen LogP contribution in [0.3, 0.4) is 0 Å². The van der Waals surface area contributed by atoms with Gasteiger partial charge in [-0.2, -0.15) is 0 Å². The van der Waals surface area contributed by atoms with Gasteiger partial charge in [0.15, 0.2) is 5.54 Å². The number of nitrogens with zero attached hydrogens (tertiary/aromatic N) is 3. The standard InChI is InChI=1S/C27H42FN3O2/c1-7-15-31-18-29-27(17-19(2)3,26(32)33-6)25(31)21-13-11-20(12-14-21)24(30(4)5)22-9-8-10-23(28)16-22/h8-10,16,18-21,24-25H,7,11-15,17H2,1-6H3. The molecule has 0 aromatic heterocycles. The van der Waals surface area contributed by atoms with Gasteiger partial charge in [0.2, 0.25) is 0 Å². The van der Waals surface area contributed by atoms with Crippen LogP contribution in [0.25, 0.3) is 0 Å². The second-order valence-corrected chi connectivity index (χ2v) is 10.6. The van der Waals surface area contributed by atoms with Crippen LogP contribution in [0.5, 0.6) is 0 Å². The quantitative estimate of drug-likeness (QED) is 0.469. The third-order valence-electron chi connectivity index (χ3n) is 7.48. The average Bonchev–Trinajstić information content (AvgIpc) is 3.12. The van der Waals surface area contributed by atoms with Crippen LogP contribution < -0.4 is 0 Å². The highest BCUT2D eigenvalue weighted by molar-refractivity contribution is 5.86. The van der Waals surface area contributed by atoms with E-state index in [0.29, 0.717) is 24.2 Å². The number of aliphatic imine (C=N–C) groups is 1. The fourth-order valence-electron chi connectivity index (χ4n) is 6.40. The van der Waals surface area contributed by atoms with E-state index < -0.39 is 5.54 Å². The largest absolute Gasteiger partial charge is 0.467 e. The minimum atomic E-state index is -0.820. The van der Waals surface area contributed by atoms with Gasteiger partial charge in [0.1, 0.15) is 5.82 Å². The summed E-state index contributed by atoms with van der Waals surface area (Å²) >= 11 is 0. The molecule has 0 saturated heterocycles. The molecular weight excluding hydrogens is 417 g/mol. The Labute approximate surface area is 199 Å². The number of methoxy groups -OCH3 is 1. The van der Waals surface area contributed by atoms with E-state index in [2.05, 4.69) is 44.7 Å². The predicted molar refractivity (Wildman–Crippen MR) is 132 cm³/mol. The molecule has 0 bridgehead atoms. The molecule has 1 saturated carbocycles. The maximum atomic E-state index is 14.0. The topological polar surface area (TPSA) is 45.1 Å². The minimum Gasteiger partial charge on any atom is -0.467 e. The zero-order valence-electron chi connectivity index (χ0n) is 21.3. The number of carbonyl (C=O) groups excluding carboxylic acids is 1. The first kappa shape index (κ1) is 25.7. The Bertz CT molecular complexity index is 819. The van der Waals surface area contributed by atoms with E-state index in [0.717, 1.165) is 44.2 Å². The van der Waals surface area contributed by atoms with Crippen molar-refractivity contribution in [3.05, 3.63) is 35.6 Å². The van der Waals surface area contributed by atoms with Crippen LogP contribution in [0.4, 0.5) is 4.39 Å². The van der Waals surface area contributed by atoms with Gasteiger partial charge in [0, 0.05) is 12.6 Å². The molecule has 3 unspecified atom stereocenters. The van der Waals surface area contributed by atoms with Crippen LogP contribution in [0.15, 0.2) is 29.3 Å². The molecule has 1 aromatic carbocycles. The molecule has 6 heteroatoms. The van der Waals surface area contributed by atoms with Crippen LogP contribution in [0, 0.1) is 23.6 Å². The summed E-state index contributed by atoms with van der Waals surface area (Å²) in [6.45, 7) is 7.37. The summed E-state index contributed by atoms with van der Waals surface area (Å²) in [5, 5.41) is 0. The van der Waals surface area contributed by atoms with Crippen molar-refractivity contribution in [3.63, 3.8) is 0 Å². The Morgan fingerprint density at radius 3 is 2.52 bits per heavy atom. The number of benzene rings is 1. The molecule has 0 spiro atoms. The maximum absolute atomic E-state index is 14.0. The first-order valence-electron chi connectivity index (χ1n) is 12.5. The summed E-state index contributed by atoms with van der Waals surface area (Å²) in [5.41, 5.74) is 0.225. The van der Waals surface area contributed by atoms with Crippen LogP contribution in [-0.4, -0.2) is 61.4 Å². The summed E-state index contributed by atoms with van der Waals surface area (Å²) in [4.78, 5) is 22.5. The number of hydrogen-bond acceptors (Lipinski definition) is 5. The van der Waals surface area contributed by atoms with E-state index in [1.807, 2.05) is 18.5 Å². The van der Waals surface area contributed by atoms with Gasteiger partial charge in [0.25, 0.3) is 0 Å². The molecule has 1 aromatic rings. The lowest BCUT2D eigenvalue weighted by atomic mass is 9.68. The van der Waals surface area contributed by atoms with Gasteiger partial charge in [-0.15, -0.1) is 0 Å². The van der Waals surface area contributed by atoms with Gasteiger partial charge in [-0.1, -0.05) is 32.9 Å². The van der Waals surface area contributed by atoms with Crippen LogP contribution in [0.1, 0.15) is 70.9 Å². The summed E-state index contributed by atoms with van der Waals surface area (Å²) in [5.74, 6) is 0.792. The average molecular weight is 460 g/mol. The van der Waals surface area contributed by atoms with Crippen molar-refractivity contribution in [2.45, 2.75) is 76.9 Å². The number of carbonyl (C=O) groups is 1. The van der Waals surface area contributed by atoms with E-state index in [1.165, 1.54) is 13.2 Å². The first-order valence-corrected chi connectivity index (χ1v) is 12.5. The summed E-state index contributed by atoms with van der Waals surface area (Å²) in [6.07, 6.45) is 7.81. The number of halogens is 1. The molecule has 1 aliphatic heterocycles. The lowest BCUT2D eigenvalue weighted by Gasteiger charge is -2.45. The Kier molecular flexibility index (Phi) is 8.54. The van der Waals surface area contributed by atoms with Crippen LogP contribution in [0.2, 0.25) is 0 Å². The Balaban J connectivity index is 1.83. The lowest BCUT2D eigenvalue weighted by Crippen LogP contribution is -2.56. The molecule has 1 heterocycles. The van der Waals surface area contributed by atoms with Crippen molar-refractivity contribution in [1.29, 1.82) is 0 Å². The van der Waals surface area contributed by atoms with E-state index in [4.69, 9.17) is 9.73 Å². The van der Waals surface area contributed by atoms with Crippen molar-refractivity contribution < 1.29 is 13.9 Å². The molecule has 3 atom stereocenters. The summed E-state index contributed by atoms with van der Waals surface area (Å²) in [6, 6.07) is 7.27. The normalized spacial score (nSPS) is 28.5. The zero-order valence-corrected chi connectivity index (χ0v) is 21.3.